The molecule has 0 bridgehead atoms. The lowest BCUT2D eigenvalue weighted by Gasteiger charge is -2.15. The molecule has 1 aromatic carbocycles. The molecule has 4 nitrogen and oxygen atoms in total. The Hall–Kier alpha value is -0.910. The van der Waals surface area contributed by atoms with E-state index in [0.29, 0.717) is 17.5 Å². The Bertz CT molecular complexity index is 508. The quantitative estimate of drug-likeness (QED) is 0.775. The van der Waals surface area contributed by atoms with Crippen molar-refractivity contribution in [1.82, 2.24) is 10.0 Å². The number of hydrogen-bond donors (Lipinski definition) is 2. The van der Waals surface area contributed by atoms with Crippen molar-refractivity contribution >= 4 is 10.0 Å². The third-order valence-corrected chi connectivity index (χ3v) is 4.75. The molecule has 0 unspecified atom stereocenters. The van der Waals surface area contributed by atoms with Gasteiger partial charge in [0.05, 0.1) is 4.90 Å². The molecular weight excluding hydrogens is 272 g/mol. The Balaban J connectivity index is 2.87. The minimum absolute atomic E-state index is 0.00237. The molecule has 0 atom stereocenters. The summed E-state index contributed by atoms with van der Waals surface area (Å²) in [6.45, 7) is 8.77. The number of sulfonamides is 1. The van der Waals surface area contributed by atoms with Crippen molar-refractivity contribution < 1.29 is 8.42 Å². The highest BCUT2D eigenvalue weighted by atomic mass is 32.2. The Labute approximate surface area is 123 Å². The third kappa shape index (κ3) is 5.23. The van der Waals surface area contributed by atoms with Crippen LogP contribution in [0, 0.1) is 0 Å². The SMILES string of the molecule is CCC(CC)NS(=O)(=O)c1cccc(CNC(C)C)c1. The van der Waals surface area contributed by atoms with Crippen molar-refractivity contribution in [3.63, 3.8) is 0 Å². The van der Waals surface area contributed by atoms with Gasteiger partial charge >= 0.3 is 0 Å². The van der Waals surface area contributed by atoms with Gasteiger partial charge in [-0.15, -0.1) is 0 Å². The summed E-state index contributed by atoms with van der Waals surface area (Å²) in [5, 5.41) is 3.29. The van der Waals surface area contributed by atoms with Crippen LogP contribution in [-0.4, -0.2) is 20.5 Å². The molecule has 0 fully saturated rings. The highest BCUT2D eigenvalue weighted by Gasteiger charge is 2.18. The molecule has 0 spiro atoms. The van der Waals surface area contributed by atoms with Crippen LogP contribution in [0.25, 0.3) is 0 Å². The lowest BCUT2D eigenvalue weighted by molar-refractivity contribution is 0.530. The lowest BCUT2D eigenvalue weighted by atomic mass is 10.2. The summed E-state index contributed by atoms with van der Waals surface area (Å²) in [4.78, 5) is 0.340. The van der Waals surface area contributed by atoms with Crippen molar-refractivity contribution in [1.29, 1.82) is 0 Å². The predicted molar refractivity (Wildman–Crippen MR) is 83.1 cm³/mol. The van der Waals surface area contributed by atoms with E-state index in [2.05, 4.69) is 23.9 Å². The molecule has 2 N–H and O–H groups in total. The fourth-order valence-electron chi connectivity index (χ4n) is 1.89. The van der Waals surface area contributed by atoms with Crippen LogP contribution in [0.3, 0.4) is 0 Å². The molecule has 0 saturated carbocycles. The number of benzene rings is 1. The summed E-state index contributed by atoms with van der Waals surface area (Å²) < 4.78 is 27.4. The van der Waals surface area contributed by atoms with E-state index in [1.807, 2.05) is 19.9 Å². The molecule has 0 aliphatic rings. The van der Waals surface area contributed by atoms with E-state index in [1.165, 1.54) is 0 Å². The van der Waals surface area contributed by atoms with E-state index >= 15 is 0 Å². The van der Waals surface area contributed by atoms with E-state index < -0.39 is 10.0 Å². The van der Waals surface area contributed by atoms with Crippen LogP contribution in [0.5, 0.6) is 0 Å². The first-order valence-corrected chi connectivity index (χ1v) is 8.72. The monoisotopic (exact) mass is 298 g/mol. The highest BCUT2D eigenvalue weighted by molar-refractivity contribution is 7.89. The maximum atomic E-state index is 12.3. The summed E-state index contributed by atoms with van der Waals surface area (Å²) in [6, 6.07) is 7.48. The smallest absolute Gasteiger partial charge is 0.240 e. The van der Waals surface area contributed by atoms with Gasteiger partial charge in [0.2, 0.25) is 10.0 Å². The first-order valence-electron chi connectivity index (χ1n) is 7.23. The standard InChI is InChI=1S/C15H26N2O2S/c1-5-14(6-2)17-20(18,19)15-9-7-8-13(10-15)11-16-12(3)4/h7-10,12,14,16-17H,5-6,11H2,1-4H3. The topological polar surface area (TPSA) is 58.2 Å². The molecule has 20 heavy (non-hydrogen) atoms. The van der Waals surface area contributed by atoms with Crippen LogP contribution in [0.4, 0.5) is 0 Å². The van der Waals surface area contributed by atoms with Gasteiger partial charge in [0.15, 0.2) is 0 Å². The van der Waals surface area contributed by atoms with E-state index in [-0.39, 0.29) is 6.04 Å². The Kier molecular flexibility index (Phi) is 6.65. The summed E-state index contributed by atoms with van der Waals surface area (Å²) in [6.07, 6.45) is 1.59. The second kappa shape index (κ2) is 7.76. The number of hydrogen-bond acceptors (Lipinski definition) is 3. The minimum atomic E-state index is -3.42. The lowest BCUT2D eigenvalue weighted by Crippen LogP contribution is -2.33. The van der Waals surface area contributed by atoms with Crippen LogP contribution in [0.15, 0.2) is 29.2 Å². The average molecular weight is 298 g/mol. The fourth-order valence-corrected chi connectivity index (χ4v) is 3.36. The number of nitrogens with one attached hydrogen (secondary N) is 2. The molecule has 0 radical (unpaired) electrons. The van der Waals surface area contributed by atoms with Crippen molar-refractivity contribution in [2.45, 2.75) is 64.1 Å². The van der Waals surface area contributed by atoms with E-state index in [4.69, 9.17) is 0 Å². The van der Waals surface area contributed by atoms with Gasteiger partial charge in [0.1, 0.15) is 0 Å². The molecule has 1 rings (SSSR count). The number of rotatable bonds is 8. The first kappa shape index (κ1) is 17.1. The van der Waals surface area contributed by atoms with E-state index in [0.717, 1.165) is 18.4 Å². The van der Waals surface area contributed by atoms with Crippen LogP contribution >= 0.6 is 0 Å². The second-order valence-corrected chi connectivity index (χ2v) is 7.03. The van der Waals surface area contributed by atoms with E-state index in [9.17, 15) is 8.42 Å². The molecular formula is C15H26N2O2S. The average Bonchev–Trinajstić information content (AvgIpc) is 2.43. The minimum Gasteiger partial charge on any atom is -0.310 e. The normalized spacial score (nSPS) is 12.3. The molecule has 1 aromatic rings. The predicted octanol–water partition coefficient (Wildman–Crippen LogP) is 2.65. The van der Waals surface area contributed by atoms with Gasteiger partial charge in [0, 0.05) is 18.6 Å². The summed E-state index contributed by atoms with van der Waals surface area (Å²) >= 11 is 0. The maximum absolute atomic E-state index is 12.3. The van der Waals surface area contributed by atoms with Gasteiger partial charge in [-0.3, -0.25) is 0 Å². The van der Waals surface area contributed by atoms with Crippen molar-refractivity contribution in [2.75, 3.05) is 0 Å². The maximum Gasteiger partial charge on any atom is 0.240 e. The molecule has 0 aliphatic carbocycles. The molecule has 0 saturated heterocycles. The zero-order valence-corrected chi connectivity index (χ0v) is 13.6. The summed E-state index contributed by atoms with van der Waals surface area (Å²) in [5.41, 5.74) is 0.978. The third-order valence-electron chi connectivity index (χ3n) is 3.23. The summed E-state index contributed by atoms with van der Waals surface area (Å²) in [5.74, 6) is 0. The summed E-state index contributed by atoms with van der Waals surface area (Å²) in [7, 11) is -3.42. The van der Waals surface area contributed by atoms with Gasteiger partial charge in [-0.05, 0) is 30.5 Å². The Morgan fingerprint density at radius 2 is 1.80 bits per heavy atom. The molecule has 0 heterocycles. The van der Waals surface area contributed by atoms with Crippen molar-refractivity contribution in [3.05, 3.63) is 29.8 Å². The van der Waals surface area contributed by atoms with Gasteiger partial charge in [-0.25, -0.2) is 13.1 Å². The van der Waals surface area contributed by atoms with Gasteiger partial charge < -0.3 is 5.32 Å². The van der Waals surface area contributed by atoms with Crippen LogP contribution in [-0.2, 0) is 16.6 Å². The Morgan fingerprint density at radius 1 is 1.15 bits per heavy atom. The zero-order chi connectivity index (χ0) is 15.2. The molecule has 0 aromatic heterocycles. The van der Waals surface area contributed by atoms with Crippen LogP contribution in [0.1, 0.15) is 46.1 Å². The van der Waals surface area contributed by atoms with Crippen molar-refractivity contribution in [3.8, 4) is 0 Å². The van der Waals surface area contributed by atoms with Gasteiger partial charge in [0.25, 0.3) is 0 Å². The largest absolute Gasteiger partial charge is 0.310 e. The molecule has 0 amide bonds. The van der Waals surface area contributed by atoms with Crippen LogP contribution < -0.4 is 10.0 Å². The first-order chi connectivity index (χ1) is 9.39. The molecule has 114 valence electrons. The van der Waals surface area contributed by atoms with Gasteiger partial charge in [-0.2, -0.15) is 0 Å². The second-order valence-electron chi connectivity index (χ2n) is 5.32. The molecule has 5 heteroatoms. The Morgan fingerprint density at radius 3 is 2.35 bits per heavy atom. The zero-order valence-electron chi connectivity index (χ0n) is 12.8. The molecule has 0 aliphatic heterocycles. The fraction of sp³-hybridized carbons (Fsp3) is 0.600. The van der Waals surface area contributed by atoms with Crippen molar-refractivity contribution in [2.24, 2.45) is 0 Å². The highest BCUT2D eigenvalue weighted by Crippen LogP contribution is 2.13. The van der Waals surface area contributed by atoms with Gasteiger partial charge in [-0.1, -0.05) is 39.8 Å². The van der Waals surface area contributed by atoms with Crippen LogP contribution in [0.2, 0.25) is 0 Å². The van der Waals surface area contributed by atoms with E-state index in [1.54, 1.807) is 18.2 Å².